The number of nitrogens with zero attached hydrogens (tertiary/aromatic N) is 6. The van der Waals surface area contributed by atoms with Gasteiger partial charge in [-0.1, -0.05) is 17.7 Å². The van der Waals surface area contributed by atoms with Crippen molar-refractivity contribution in [3.8, 4) is 11.1 Å². The maximum atomic E-state index is 13.3. The van der Waals surface area contributed by atoms with Crippen molar-refractivity contribution in [2.75, 3.05) is 5.32 Å². The third-order valence-corrected chi connectivity index (χ3v) is 5.37. The first-order valence-corrected chi connectivity index (χ1v) is 9.94. The molecule has 0 saturated heterocycles. The van der Waals surface area contributed by atoms with E-state index in [1.54, 1.807) is 23.1 Å². The summed E-state index contributed by atoms with van der Waals surface area (Å²) in [5.41, 5.74) is 3.49. The smallest absolute Gasteiger partial charge is 0.161 e. The van der Waals surface area contributed by atoms with Crippen LogP contribution in [0.3, 0.4) is 0 Å². The van der Waals surface area contributed by atoms with Gasteiger partial charge in [0.05, 0.1) is 6.20 Å². The van der Waals surface area contributed by atoms with Gasteiger partial charge in [-0.15, -0.1) is 10.2 Å². The number of nitrogens with one attached hydrogen (secondary N) is 1. The number of fused-ring (bicyclic) bond motifs is 1. The molecule has 1 N–H and O–H groups in total. The second-order valence-corrected chi connectivity index (χ2v) is 7.47. The Morgan fingerprint density at radius 2 is 1.87 bits per heavy atom. The van der Waals surface area contributed by atoms with Crippen molar-refractivity contribution in [3.63, 3.8) is 0 Å². The number of anilines is 2. The fraction of sp³-hybridized carbons (Fsp3) is 0.0909. The Hall–Kier alpha value is -3.78. The highest BCUT2D eigenvalue weighted by Crippen LogP contribution is 2.25. The third kappa shape index (κ3) is 3.85. The van der Waals surface area contributed by atoms with Crippen LogP contribution in [-0.4, -0.2) is 29.4 Å². The summed E-state index contributed by atoms with van der Waals surface area (Å²) in [5, 5.41) is 16.4. The fourth-order valence-corrected chi connectivity index (χ4v) is 3.62. The van der Waals surface area contributed by atoms with Crippen LogP contribution in [0.4, 0.5) is 16.0 Å². The van der Waals surface area contributed by atoms with E-state index in [1.807, 2.05) is 48.0 Å². The lowest BCUT2D eigenvalue weighted by molar-refractivity contribution is 0.627. The van der Waals surface area contributed by atoms with Crippen LogP contribution in [0, 0.1) is 5.82 Å². The van der Waals surface area contributed by atoms with Gasteiger partial charge in [0.15, 0.2) is 5.65 Å². The van der Waals surface area contributed by atoms with Gasteiger partial charge in [-0.2, -0.15) is 5.10 Å². The molecule has 0 fully saturated rings. The standard InChI is InChI=1S/C22H17ClFN7/c1-30-20(5-8-26-30)27-19-10-14(4-7-25-19)15-6-9-31-21(11-15)28-29-22(31)12-16-2-3-17(24)13-18(16)23/h2-11,13H,12H2,1H3,(H,25,27). The lowest BCUT2D eigenvalue weighted by atomic mass is 10.1. The first-order valence-electron chi connectivity index (χ1n) is 9.56. The Labute approximate surface area is 182 Å². The quantitative estimate of drug-likeness (QED) is 0.436. The van der Waals surface area contributed by atoms with Crippen LogP contribution in [0.15, 0.2) is 67.1 Å². The number of aromatic nitrogens is 6. The topological polar surface area (TPSA) is 72.9 Å². The van der Waals surface area contributed by atoms with Crippen LogP contribution < -0.4 is 5.32 Å². The van der Waals surface area contributed by atoms with Crippen LogP contribution in [0.25, 0.3) is 16.8 Å². The Balaban J connectivity index is 1.43. The summed E-state index contributed by atoms with van der Waals surface area (Å²) in [6.07, 6.45) is 5.85. The number of benzene rings is 1. The highest BCUT2D eigenvalue weighted by Gasteiger charge is 2.11. The number of hydrogen-bond donors (Lipinski definition) is 1. The Kier molecular flexibility index (Phi) is 4.83. The molecule has 0 saturated carbocycles. The second kappa shape index (κ2) is 7.81. The minimum absolute atomic E-state index is 0.362. The molecule has 0 bridgehead atoms. The van der Waals surface area contributed by atoms with Crippen molar-refractivity contribution in [2.24, 2.45) is 7.05 Å². The molecule has 7 nitrogen and oxygen atoms in total. The van der Waals surface area contributed by atoms with Gasteiger partial charge >= 0.3 is 0 Å². The highest BCUT2D eigenvalue weighted by atomic mass is 35.5. The SMILES string of the molecule is Cn1nccc1Nc1cc(-c2ccn3c(Cc4ccc(F)cc4Cl)nnc3c2)ccn1. The van der Waals surface area contributed by atoms with Gasteiger partial charge in [-0.05, 0) is 53.1 Å². The molecule has 0 aliphatic heterocycles. The number of rotatable bonds is 5. The number of hydrogen-bond acceptors (Lipinski definition) is 5. The number of aryl methyl sites for hydroxylation is 1. The summed E-state index contributed by atoms with van der Waals surface area (Å²) < 4.78 is 17.0. The van der Waals surface area contributed by atoms with E-state index in [9.17, 15) is 4.39 Å². The summed E-state index contributed by atoms with van der Waals surface area (Å²) in [5.74, 6) is 1.93. The van der Waals surface area contributed by atoms with E-state index in [-0.39, 0.29) is 5.82 Å². The van der Waals surface area contributed by atoms with E-state index >= 15 is 0 Å². The normalized spacial score (nSPS) is 11.2. The average molecular weight is 434 g/mol. The molecule has 0 aliphatic rings. The van der Waals surface area contributed by atoms with E-state index < -0.39 is 0 Å². The molecule has 5 aromatic rings. The molecule has 0 radical (unpaired) electrons. The van der Waals surface area contributed by atoms with Gasteiger partial charge in [0.25, 0.3) is 0 Å². The fourth-order valence-electron chi connectivity index (χ4n) is 3.38. The molecule has 5 rings (SSSR count). The van der Waals surface area contributed by atoms with Crippen molar-refractivity contribution in [1.29, 1.82) is 0 Å². The average Bonchev–Trinajstić information content (AvgIpc) is 3.36. The molecule has 0 aliphatic carbocycles. The maximum Gasteiger partial charge on any atom is 0.161 e. The summed E-state index contributed by atoms with van der Waals surface area (Å²) in [7, 11) is 1.86. The number of halogens is 2. The Morgan fingerprint density at radius 1 is 1.00 bits per heavy atom. The monoisotopic (exact) mass is 433 g/mol. The molecule has 4 aromatic heterocycles. The Bertz CT molecular complexity index is 1390. The van der Waals surface area contributed by atoms with E-state index in [0.29, 0.717) is 22.9 Å². The van der Waals surface area contributed by atoms with Crippen LogP contribution in [-0.2, 0) is 13.5 Å². The lowest BCUT2D eigenvalue weighted by Crippen LogP contribution is -2.00. The van der Waals surface area contributed by atoms with E-state index in [2.05, 4.69) is 25.6 Å². The lowest BCUT2D eigenvalue weighted by Gasteiger charge is -2.08. The van der Waals surface area contributed by atoms with Crippen LogP contribution >= 0.6 is 11.6 Å². The third-order valence-electron chi connectivity index (χ3n) is 5.01. The van der Waals surface area contributed by atoms with Crippen LogP contribution in [0.1, 0.15) is 11.4 Å². The largest absolute Gasteiger partial charge is 0.325 e. The molecule has 0 spiro atoms. The molecule has 1 aromatic carbocycles. The van der Waals surface area contributed by atoms with Crippen molar-refractivity contribution in [3.05, 3.63) is 89.3 Å². The zero-order valence-corrected chi connectivity index (χ0v) is 17.3. The van der Waals surface area contributed by atoms with Gasteiger partial charge in [-0.3, -0.25) is 9.08 Å². The maximum absolute atomic E-state index is 13.3. The molecule has 0 amide bonds. The summed E-state index contributed by atoms with van der Waals surface area (Å²) in [6, 6.07) is 14.1. The molecule has 0 atom stereocenters. The predicted molar refractivity (Wildman–Crippen MR) is 117 cm³/mol. The molecule has 9 heteroatoms. The minimum atomic E-state index is -0.362. The van der Waals surface area contributed by atoms with E-state index in [1.165, 1.54) is 12.1 Å². The summed E-state index contributed by atoms with van der Waals surface area (Å²) >= 11 is 6.16. The van der Waals surface area contributed by atoms with Crippen molar-refractivity contribution >= 4 is 28.9 Å². The molecule has 4 heterocycles. The van der Waals surface area contributed by atoms with E-state index in [4.69, 9.17) is 11.6 Å². The zero-order valence-electron chi connectivity index (χ0n) is 16.5. The van der Waals surface area contributed by atoms with Crippen LogP contribution in [0.2, 0.25) is 5.02 Å². The Morgan fingerprint density at radius 3 is 2.68 bits per heavy atom. The minimum Gasteiger partial charge on any atom is -0.325 e. The van der Waals surface area contributed by atoms with Gasteiger partial charge in [-0.25, -0.2) is 9.37 Å². The molecule has 154 valence electrons. The predicted octanol–water partition coefficient (Wildman–Crippen LogP) is 4.65. The van der Waals surface area contributed by atoms with Gasteiger partial charge in [0.2, 0.25) is 0 Å². The van der Waals surface area contributed by atoms with Gasteiger partial charge < -0.3 is 5.32 Å². The molecular weight excluding hydrogens is 417 g/mol. The van der Waals surface area contributed by atoms with Crippen molar-refractivity contribution in [1.82, 2.24) is 29.4 Å². The molecule has 31 heavy (non-hydrogen) atoms. The first kappa shape index (κ1) is 19.2. The summed E-state index contributed by atoms with van der Waals surface area (Å²) in [4.78, 5) is 4.38. The summed E-state index contributed by atoms with van der Waals surface area (Å²) in [6.45, 7) is 0. The van der Waals surface area contributed by atoms with Gasteiger partial charge in [0.1, 0.15) is 23.3 Å². The first-order chi connectivity index (χ1) is 15.1. The van der Waals surface area contributed by atoms with Crippen molar-refractivity contribution < 1.29 is 4.39 Å². The highest BCUT2D eigenvalue weighted by molar-refractivity contribution is 6.31. The zero-order chi connectivity index (χ0) is 21.4. The second-order valence-electron chi connectivity index (χ2n) is 7.07. The molecular formula is C22H17ClFN7. The van der Waals surface area contributed by atoms with Crippen molar-refractivity contribution in [2.45, 2.75) is 6.42 Å². The van der Waals surface area contributed by atoms with Gasteiger partial charge in [0, 0.05) is 37.0 Å². The number of pyridine rings is 2. The van der Waals surface area contributed by atoms with E-state index in [0.717, 1.165) is 28.3 Å². The van der Waals surface area contributed by atoms with Crippen LogP contribution in [0.5, 0.6) is 0 Å². The molecule has 0 unspecified atom stereocenters.